The van der Waals surface area contributed by atoms with Gasteiger partial charge in [-0.3, -0.25) is 4.79 Å². The molecule has 0 unspecified atom stereocenters. The van der Waals surface area contributed by atoms with Crippen molar-refractivity contribution in [2.75, 3.05) is 25.4 Å². The number of rotatable bonds is 1. The number of piperidine rings is 1. The molecule has 1 amide bonds. The SMILES string of the molecule is O=C(c1cccs1)N1CCC2(CC1)OCCS2. The lowest BCUT2D eigenvalue weighted by Gasteiger charge is -2.37. The predicted molar refractivity (Wildman–Crippen MR) is 70.6 cm³/mol. The van der Waals surface area contributed by atoms with Crippen molar-refractivity contribution < 1.29 is 9.53 Å². The van der Waals surface area contributed by atoms with E-state index in [4.69, 9.17) is 4.74 Å². The molecular weight excluding hydrogens is 254 g/mol. The Bertz CT molecular complexity index is 389. The minimum atomic E-state index is 0.0201. The van der Waals surface area contributed by atoms with Crippen molar-refractivity contribution >= 4 is 29.0 Å². The second-order valence-corrected chi connectivity index (χ2v) is 6.77. The fraction of sp³-hybridized carbons (Fsp3) is 0.583. The van der Waals surface area contributed by atoms with Crippen molar-refractivity contribution in [3.63, 3.8) is 0 Å². The van der Waals surface area contributed by atoms with Gasteiger partial charge in [0.15, 0.2) is 0 Å². The summed E-state index contributed by atoms with van der Waals surface area (Å²) in [6, 6.07) is 3.83. The van der Waals surface area contributed by atoms with Gasteiger partial charge in [-0.05, 0) is 11.4 Å². The number of nitrogens with zero attached hydrogens (tertiary/aromatic N) is 1. The first-order valence-electron chi connectivity index (χ1n) is 5.90. The highest BCUT2D eigenvalue weighted by Gasteiger charge is 2.40. The third-order valence-corrected chi connectivity index (χ3v) is 5.64. The van der Waals surface area contributed by atoms with Crippen molar-refractivity contribution in [3.8, 4) is 0 Å². The lowest BCUT2D eigenvalue weighted by Crippen LogP contribution is -2.44. The van der Waals surface area contributed by atoms with Gasteiger partial charge in [-0.25, -0.2) is 0 Å². The molecule has 0 radical (unpaired) electrons. The molecule has 2 fully saturated rings. The Balaban J connectivity index is 1.63. The summed E-state index contributed by atoms with van der Waals surface area (Å²) >= 11 is 3.44. The van der Waals surface area contributed by atoms with Gasteiger partial charge in [-0.1, -0.05) is 6.07 Å². The molecule has 2 aliphatic rings. The number of thiophene rings is 1. The second-order valence-electron chi connectivity index (χ2n) is 4.38. The van der Waals surface area contributed by atoms with Crippen LogP contribution >= 0.6 is 23.1 Å². The van der Waals surface area contributed by atoms with Crippen LogP contribution in [0.15, 0.2) is 17.5 Å². The number of carbonyl (C=O) groups is 1. The number of ether oxygens (including phenoxy) is 1. The fourth-order valence-electron chi connectivity index (χ4n) is 2.39. The maximum Gasteiger partial charge on any atom is 0.263 e. The summed E-state index contributed by atoms with van der Waals surface area (Å²) in [7, 11) is 0. The smallest absolute Gasteiger partial charge is 0.263 e. The molecule has 0 atom stereocenters. The maximum absolute atomic E-state index is 12.2. The quantitative estimate of drug-likeness (QED) is 0.784. The van der Waals surface area contributed by atoms with Crippen LogP contribution in [-0.2, 0) is 4.74 Å². The summed E-state index contributed by atoms with van der Waals surface area (Å²) in [6.45, 7) is 2.51. The van der Waals surface area contributed by atoms with Crippen LogP contribution in [-0.4, -0.2) is 41.2 Å². The lowest BCUT2D eigenvalue weighted by molar-refractivity contribution is 0.00366. The van der Waals surface area contributed by atoms with Crippen LogP contribution in [0.4, 0.5) is 0 Å². The molecule has 1 aromatic rings. The summed E-state index contributed by atoms with van der Waals surface area (Å²) in [5, 5.41) is 1.95. The van der Waals surface area contributed by atoms with E-state index in [1.807, 2.05) is 34.2 Å². The van der Waals surface area contributed by atoms with Crippen molar-refractivity contribution in [2.45, 2.75) is 17.8 Å². The number of amides is 1. The van der Waals surface area contributed by atoms with Gasteiger partial charge in [0.2, 0.25) is 0 Å². The normalized spacial score (nSPS) is 23.2. The highest BCUT2D eigenvalue weighted by molar-refractivity contribution is 8.00. The molecule has 3 rings (SSSR count). The fourth-order valence-corrected chi connectivity index (χ4v) is 4.26. The summed E-state index contributed by atoms with van der Waals surface area (Å²) < 4.78 is 5.83. The molecule has 3 nitrogen and oxygen atoms in total. The molecule has 2 saturated heterocycles. The Labute approximate surface area is 109 Å². The van der Waals surface area contributed by atoms with Gasteiger partial charge < -0.3 is 9.64 Å². The molecule has 5 heteroatoms. The molecule has 17 heavy (non-hydrogen) atoms. The van der Waals surface area contributed by atoms with Crippen molar-refractivity contribution in [2.24, 2.45) is 0 Å². The summed E-state index contributed by atoms with van der Waals surface area (Å²) in [6.07, 6.45) is 1.93. The van der Waals surface area contributed by atoms with Crippen molar-refractivity contribution in [1.82, 2.24) is 4.90 Å². The zero-order valence-corrected chi connectivity index (χ0v) is 11.2. The third-order valence-electron chi connectivity index (χ3n) is 3.36. The van der Waals surface area contributed by atoms with Gasteiger partial charge in [0.1, 0.15) is 4.93 Å². The Kier molecular flexibility index (Phi) is 3.15. The Morgan fingerprint density at radius 1 is 1.41 bits per heavy atom. The predicted octanol–water partition coefficient (Wildman–Crippen LogP) is 2.44. The number of hydrogen-bond acceptors (Lipinski definition) is 4. The van der Waals surface area contributed by atoms with E-state index in [1.165, 1.54) is 11.3 Å². The maximum atomic E-state index is 12.2. The highest BCUT2D eigenvalue weighted by Crippen LogP contribution is 2.41. The van der Waals surface area contributed by atoms with E-state index in [0.29, 0.717) is 0 Å². The van der Waals surface area contributed by atoms with Crippen LogP contribution in [0, 0.1) is 0 Å². The molecule has 3 heterocycles. The zero-order chi connectivity index (χ0) is 11.7. The van der Waals surface area contributed by atoms with E-state index in [2.05, 4.69) is 0 Å². The van der Waals surface area contributed by atoms with Gasteiger partial charge in [0.05, 0.1) is 11.5 Å². The van der Waals surface area contributed by atoms with E-state index in [9.17, 15) is 4.79 Å². The van der Waals surface area contributed by atoms with Crippen LogP contribution < -0.4 is 0 Å². The molecule has 1 spiro atoms. The number of carbonyl (C=O) groups excluding carboxylic acids is 1. The first-order valence-corrected chi connectivity index (χ1v) is 7.76. The van der Waals surface area contributed by atoms with E-state index >= 15 is 0 Å². The standard InChI is InChI=1S/C12H15NO2S2/c14-11(10-2-1-8-16-10)13-5-3-12(4-6-13)15-7-9-17-12/h1-2,8H,3-7,9H2. The number of hydrogen-bond donors (Lipinski definition) is 0. The van der Waals surface area contributed by atoms with Gasteiger partial charge in [0.25, 0.3) is 5.91 Å². The first-order chi connectivity index (χ1) is 8.29. The van der Waals surface area contributed by atoms with Crippen LogP contribution in [0.25, 0.3) is 0 Å². The Morgan fingerprint density at radius 2 is 2.24 bits per heavy atom. The van der Waals surface area contributed by atoms with Crippen LogP contribution in [0.5, 0.6) is 0 Å². The molecular formula is C12H15NO2S2. The number of likely N-dealkylation sites (tertiary alicyclic amines) is 1. The van der Waals surface area contributed by atoms with Gasteiger partial charge >= 0.3 is 0 Å². The Hall–Kier alpha value is -0.520. The van der Waals surface area contributed by atoms with Crippen LogP contribution in [0.3, 0.4) is 0 Å². The largest absolute Gasteiger partial charge is 0.363 e. The molecule has 0 aromatic carbocycles. The second kappa shape index (κ2) is 4.63. The van der Waals surface area contributed by atoms with Gasteiger partial charge in [-0.2, -0.15) is 0 Å². The summed E-state index contributed by atoms with van der Waals surface area (Å²) in [4.78, 5) is 15.0. The number of thioether (sulfide) groups is 1. The molecule has 0 N–H and O–H groups in total. The van der Waals surface area contributed by atoms with E-state index in [1.54, 1.807) is 0 Å². The molecule has 92 valence electrons. The minimum Gasteiger partial charge on any atom is -0.363 e. The summed E-state index contributed by atoms with van der Waals surface area (Å²) in [5.74, 6) is 1.27. The molecule has 1 aromatic heterocycles. The van der Waals surface area contributed by atoms with Gasteiger partial charge in [0, 0.05) is 31.7 Å². The first kappa shape index (κ1) is 11.6. The van der Waals surface area contributed by atoms with E-state index < -0.39 is 0 Å². The summed E-state index contributed by atoms with van der Waals surface area (Å²) in [5.41, 5.74) is 0. The topological polar surface area (TPSA) is 29.5 Å². The molecule has 0 aliphatic carbocycles. The van der Waals surface area contributed by atoms with Gasteiger partial charge in [-0.15, -0.1) is 23.1 Å². The van der Waals surface area contributed by atoms with Crippen LogP contribution in [0.2, 0.25) is 0 Å². The monoisotopic (exact) mass is 269 g/mol. The van der Waals surface area contributed by atoms with E-state index in [0.717, 1.165) is 43.2 Å². The molecule has 0 saturated carbocycles. The average Bonchev–Trinajstić information content (AvgIpc) is 3.01. The average molecular weight is 269 g/mol. The zero-order valence-electron chi connectivity index (χ0n) is 9.55. The van der Waals surface area contributed by atoms with Crippen LogP contribution in [0.1, 0.15) is 22.5 Å². The Morgan fingerprint density at radius 3 is 2.82 bits per heavy atom. The lowest BCUT2D eigenvalue weighted by atomic mass is 10.1. The minimum absolute atomic E-state index is 0.0201. The van der Waals surface area contributed by atoms with Crippen molar-refractivity contribution in [1.29, 1.82) is 0 Å². The molecule has 2 aliphatic heterocycles. The van der Waals surface area contributed by atoms with Crippen molar-refractivity contribution in [3.05, 3.63) is 22.4 Å². The highest BCUT2D eigenvalue weighted by atomic mass is 32.2. The van der Waals surface area contributed by atoms with E-state index in [-0.39, 0.29) is 10.8 Å². The molecule has 0 bridgehead atoms. The third kappa shape index (κ3) is 2.23.